The van der Waals surface area contributed by atoms with Crippen LogP contribution >= 0.6 is 15.9 Å². The van der Waals surface area contributed by atoms with Crippen LogP contribution in [-0.4, -0.2) is 10.0 Å². The minimum Gasteiger partial charge on any atom is -0.456 e. The molecule has 0 aliphatic rings. The number of hydrogen-bond acceptors (Lipinski definition) is 4. The number of nitrogens with zero attached hydrogens (tertiary/aromatic N) is 1. The van der Waals surface area contributed by atoms with Crippen molar-refractivity contribution in [3.8, 4) is 11.5 Å². The standard InChI is InChI=1S/C13H9BrFNO4/c14-11-6-9(15)1-3-13(11)20-12-4-2-10(16(18)19)5-8(12)7-17/h1-6,17H,7H2. The van der Waals surface area contributed by atoms with Crippen LogP contribution in [0.5, 0.6) is 11.5 Å². The Labute approximate surface area is 121 Å². The van der Waals surface area contributed by atoms with Crippen LogP contribution in [0.2, 0.25) is 0 Å². The Hall–Kier alpha value is -1.99. The first-order chi connectivity index (χ1) is 9.51. The molecular weight excluding hydrogens is 333 g/mol. The molecule has 1 N–H and O–H groups in total. The van der Waals surface area contributed by atoms with E-state index in [4.69, 9.17) is 4.74 Å². The Bertz CT molecular complexity index is 663. The van der Waals surface area contributed by atoms with Crippen molar-refractivity contribution in [3.05, 3.63) is 62.4 Å². The molecule has 0 radical (unpaired) electrons. The summed E-state index contributed by atoms with van der Waals surface area (Å²) in [6.45, 7) is -0.407. The third-order valence-electron chi connectivity index (χ3n) is 2.54. The van der Waals surface area contributed by atoms with Gasteiger partial charge in [-0.15, -0.1) is 0 Å². The Morgan fingerprint density at radius 1 is 1.25 bits per heavy atom. The monoisotopic (exact) mass is 341 g/mol. The zero-order valence-electron chi connectivity index (χ0n) is 10.0. The van der Waals surface area contributed by atoms with Gasteiger partial charge in [0.25, 0.3) is 5.69 Å². The van der Waals surface area contributed by atoms with E-state index in [1.165, 1.54) is 36.4 Å². The second kappa shape index (κ2) is 5.98. The van der Waals surface area contributed by atoms with Gasteiger partial charge in [0.1, 0.15) is 17.3 Å². The van der Waals surface area contributed by atoms with Crippen LogP contribution in [0.15, 0.2) is 40.9 Å². The summed E-state index contributed by atoms with van der Waals surface area (Å²) in [4.78, 5) is 10.1. The molecule has 0 aromatic heterocycles. The predicted octanol–water partition coefficient (Wildman–Crippen LogP) is 3.78. The van der Waals surface area contributed by atoms with E-state index in [9.17, 15) is 19.6 Å². The van der Waals surface area contributed by atoms with E-state index < -0.39 is 17.3 Å². The fraction of sp³-hybridized carbons (Fsp3) is 0.0769. The smallest absolute Gasteiger partial charge is 0.270 e. The topological polar surface area (TPSA) is 72.6 Å². The fourth-order valence-corrected chi connectivity index (χ4v) is 2.01. The van der Waals surface area contributed by atoms with Gasteiger partial charge in [-0.2, -0.15) is 0 Å². The summed E-state index contributed by atoms with van der Waals surface area (Å²) in [7, 11) is 0. The van der Waals surface area contributed by atoms with Gasteiger partial charge in [-0.3, -0.25) is 10.1 Å². The van der Waals surface area contributed by atoms with E-state index in [1.54, 1.807) is 0 Å². The summed E-state index contributed by atoms with van der Waals surface area (Å²) in [6, 6.07) is 7.77. The molecule has 0 bridgehead atoms. The van der Waals surface area contributed by atoms with E-state index in [0.29, 0.717) is 10.2 Å². The first kappa shape index (κ1) is 14.4. The highest BCUT2D eigenvalue weighted by Gasteiger charge is 2.13. The SMILES string of the molecule is O=[N+]([O-])c1ccc(Oc2ccc(F)cc2Br)c(CO)c1. The van der Waals surface area contributed by atoms with E-state index in [0.717, 1.165) is 0 Å². The third-order valence-corrected chi connectivity index (χ3v) is 3.16. The lowest BCUT2D eigenvalue weighted by Crippen LogP contribution is -1.95. The van der Waals surface area contributed by atoms with Crippen molar-refractivity contribution < 1.29 is 19.2 Å². The average Bonchev–Trinajstić information content (AvgIpc) is 2.42. The lowest BCUT2D eigenvalue weighted by molar-refractivity contribution is -0.385. The summed E-state index contributed by atoms with van der Waals surface area (Å²) in [5, 5.41) is 19.9. The summed E-state index contributed by atoms with van der Waals surface area (Å²) in [5.74, 6) is 0.190. The van der Waals surface area contributed by atoms with Crippen molar-refractivity contribution in [1.82, 2.24) is 0 Å². The molecule has 2 aromatic carbocycles. The molecule has 2 aromatic rings. The molecule has 0 fully saturated rings. The van der Waals surface area contributed by atoms with Gasteiger partial charge in [0.15, 0.2) is 0 Å². The summed E-state index contributed by atoms with van der Waals surface area (Å²) >= 11 is 3.15. The molecule has 0 aliphatic carbocycles. The highest BCUT2D eigenvalue weighted by molar-refractivity contribution is 9.10. The second-order valence-electron chi connectivity index (χ2n) is 3.88. The predicted molar refractivity (Wildman–Crippen MR) is 73.2 cm³/mol. The van der Waals surface area contributed by atoms with Crippen molar-refractivity contribution in [3.63, 3.8) is 0 Å². The van der Waals surface area contributed by atoms with Crippen LogP contribution in [0.3, 0.4) is 0 Å². The molecule has 0 spiro atoms. The minimum atomic E-state index is -0.559. The summed E-state index contributed by atoms with van der Waals surface area (Å²) < 4.78 is 18.9. The zero-order valence-corrected chi connectivity index (χ0v) is 11.6. The molecule has 0 atom stereocenters. The number of non-ortho nitro benzene ring substituents is 1. The minimum absolute atomic E-state index is 0.139. The Morgan fingerprint density at radius 2 is 1.95 bits per heavy atom. The van der Waals surface area contributed by atoms with Gasteiger partial charge in [0.05, 0.1) is 16.0 Å². The van der Waals surface area contributed by atoms with E-state index in [1.807, 2.05) is 0 Å². The first-order valence-corrected chi connectivity index (χ1v) is 6.31. The number of hydrogen-bond donors (Lipinski definition) is 1. The van der Waals surface area contributed by atoms with Crippen LogP contribution in [0.1, 0.15) is 5.56 Å². The fourth-order valence-electron chi connectivity index (χ4n) is 1.58. The van der Waals surface area contributed by atoms with Crippen molar-refractivity contribution in [2.24, 2.45) is 0 Å². The maximum atomic E-state index is 13.0. The zero-order chi connectivity index (χ0) is 14.7. The van der Waals surface area contributed by atoms with Crippen molar-refractivity contribution >= 4 is 21.6 Å². The van der Waals surface area contributed by atoms with Gasteiger partial charge < -0.3 is 9.84 Å². The number of ether oxygens (including phenoxy) is 1. The van der Waals surface area contributed by atoms with Crippen molar-refractivity contribution in [1.29, 1.82) is 0 Å². The normalized spacial score (nSPS) is 10.3. The molecule has 0 aliphatic heterocycles. The number of nitro benzene ring substituents is 1. The van der Waals surface area contributed by atoms with E-state index in [2.05, 4.69) is 15.9 Å². The van der Waals surface area contributed by atoms with Crippen molar-refractivity contribution in [2.75, 3.05) is 0 Å². The molecule has 2 rings (SSSR count). The van der Waals surface area contributed by atoms with E-state index >= 15 is 0 Å². The van der Waals surface area contributed by atoms with Gasteiger partial charge in [0.2, 0.25) is 0 Å². The van der Waals surface area contributed by atoms with Gasteiger partial charge >= 0.3 is 0 Å². The van der Waals surface area contributed by atoms with Crippen LogP contribution in [0.4, 0.5) is 10.1 Å². The second-order valence-corrected chi connectivity index (χ2v) is 4.74. The molecule has 0 saturated carbocycles. The van der Waals surface area contributed by atoms with Gasteiger partial charge in [-0.05, 0) is 40.2 Å². The molecule has 0 amide bonds. The number of benzene rings is 2. The van der Waals surface area contributed by atoms with Crippen LogP contribution in [0.25, 0.3) is 0 Å². The molecule has 0 saturated heterocycles. The molecular formula is C13H9BrFNO4. The molecule has 0 heterocycles. The highest BCUT2D eigenvalue weighted by Crippen LogP contribution is 2.33. The van der Waals surface area contributed by atoms with Crippen LogP contribution in [-0.2, 0) is 6.61 Å². The number of rotatable bonds is 4. The summed E-state index contributed by atoms with van der Waals surface area (Å²) in [6.07, 6.45) is 0. The molecule has 20 heavy (non-hydrogen) atoms. The van der Waals surface area contributed by atoms with Gasteiger partial charge in [-0.1, -0.05) is 0 Å². The average molecular weight is 342 g/mol. The number of halogens is 2. The number of aliphatic hydroxyl groups is 1. The highest BCUT2D eigenvalue weighted by atomic mass is 79.9. The lowest BCUT2D eigenvalue weighted by Gasteiger charge is -2.11. The molecule has 5 nitrogen and oxygen atoms in total. The van der Waals surface area contributed by atoms with E-state index in [-0.39, 0.29) is 17.0 Å². The van der Waals surface area contributed by atoms with Gasteiger partial charge in [0, 0.05) is 17.7 Å². The van der Waals surface area contributed by atoms with Crippen LogP contribution < -0.4 is 4.74 Å². The molecule has 7 heteroatoms. The molecule has 104 valence electrons. The largest absolute Gasteiger partial charge is 0.456 e. The summed E-state index contributed by atoms with van der Waals surface area (Å²) in [5.41, 5.74) is 0.134. The number of nitro groups is 1. The maximum Gasteiger partial charge on any atom is 0.270 e. The molecule has 0 unspecified atom stereocenters. The van der Waals surface area contributed by atoms with Crippen molar-refractivity contribution in [2.45, 2.75) is 6.61 Å². The third kappa shape index (κ3) is 3.12. The Kier molecular flexibility index (Phi) is 4.31. The first-order valence-electron chi connectivity index (χ1n) is 5.52. The maximum absolute atomic E-state index is 13.0. The lowest BCUT2D eigenvalue weighted by atomic mass is 10.2. The Balaban J connectivity index is 2.35. The quantitative estimate of drug-likeness (QED) is 0.678. The number of aliphatic hydroxyl groups excluding tert-OH is 1. The Morgan fingerprint density at radius 3 is 2.55 bits per heavy atom. The van der Waals surface area contributed by atoms with Crippen LogP contribution in [0, 0.1) is 15.9 Å². The van der Waals surface area contributed by atoms with Gasteiger partial charge in [-0.25, -0.2) is 4.39 Å².